The highest BCUT2D eigenvalue weighted by Crippen LogP contribution is 2.42. The molecule has 1 saturated heterocycles. The Bertz CT molecular complexity index is 847. The summed E-state index contributed by atoms with van der Waals surface area (Å²) in [6, 6.07) is 4.46. The number of allylic oxidation sites excluding steroid dienone is 4. The maximum absolute atomic E-state index is 13.0. The molecule has 1 aliphatic heterocycles. The van der Waals surface area contributed by atoms with Crippen LogP contribution in [-0.4, -0.2) is 29.6 Å². The van der Waals surface area contributed by atoms with Gasteiger partial charge < -0.3 is 14.6 Å². The Hall–Kier alpha value is -2.56. The SMILES string of the molecule is COc1ccc(C(=O)C2C(=O)OC(C)(CCC=C(C)CCC=C(C)C)C2C)c(O)c1. The van der Waals surface area contributed by atoms with Crippen molar-refractivity contribution in [3.8, 4) is 11.5 Å². The minimum atomic E-state index is -0.919. The van der Waals surface area contributed by atoms with E-state index in [1.807, 2.05) is 13.8 Å². The first-order valence-corrected chi connectivity index (χ1v) is 10.5. The van der Waals surface area contributed by atoms with Crippen molar-refractivity contribution < 1.29 is 24.2 Å². The van der Waals surface area contributed by atoms with Crippen molar-refractivity contribution in [3.05, 3.63) is 47.1 Å². The van der Waals surface area contributed by atoms with Crippen LogP contribution in [0.25, 0.3) is 0 Å². The molecule has 1 aromatic rings. The Morgan fingerprint density at radius 1 is 1.23 bits per heavy atom. The first kappa shape index (κ1) is 23.7. The monoisotopic (exact) mass is 414 g/mol. The third-order valence-electron chi connectivity index (χ3n) is 6.03. The van der Waals surface area contributed by atoms with Crippen molar-refractivity contribution in [3.63, 3.8) is 0 Å². The number of esters is 1. The standard InChI is InChI=1S/C25H34O5/c1-16(2)9-7-10-17(3)11-8-14-25(5)18(4)22(24(28)30-25)23(27)20-13-12-19(29-6)15-21(20)26/h9,11-13,15,18,22,26H,7-8,10,14H2,1-6H3. The van der Waals surface area contributed by atoms with Gasteiger partial charge in [0.05, 0.1) is 12.7 Å². The summed E-state index contributed by atoms with van der Waals surface area (Å²) in [4.78, 5) is 25.6. The molecule has 164 valence electrons. The van der Waals surface area contributed by atoms with Crippen LogP contribution in [0.5, 0.6) is 11.5 Å². The van der Waals surface area contributed by atoms with Crippen LogP contribution in [0.15, 0.2) is 41.5 Å². The van der Waals surface area contributed by atoms with E-state index in [0.29, 0.717) is 12.2 Å². The van der Waals surface area contributed by atoms with Gasteiger partial charge in [-0.2, -0.15) is 0 Å². The van der Waals surface area contributed by atoms with Crippen molar-refractivity contribution in [2.75, 3.05) is 7.11 Å². The Morgan fingerprint density at radius 3 is 2.53 bits per heavy atom. The number of rotatable bonds is 9. The predicted molar refractivity (Wildman–Crippen MR) is 118 cm³/mol. The Kier molecular flexibility index (Phi) is 7.88. The minimum absolute atomic E-state index is 0.115. The smallest absolute Gasteiger partial charge is 0.317 e. The minimum Gasteiger partial charge on any atom is -0.507 e. The summed E-state index contributed by atoms with van der Waals surface area (Å²) in [5.41, 5.74) is 2.03. The Labute approximate surface area is 179 Å². The number of phenols is 1. The van der Waals surface area contributed by atoms with Gasteiger partial charge in [0.15, 0.2) is 5.78 Å². The van der Waals surface area contributed by atoms with Crippen molar-refractivity contribution in [2.24, 2.45) is 11.8 Å². The van der Waals surface area contributed by atoms with E-state index in [9.17, 15) is 14.7 Å². The van der Waals surface area contributed by atoms with Crippen LogP contribution in [0.2, 0.25) is 0 Å². The molecule has 3 atom stereocenters. The molecule has 0 spiro atoms. The highest BCUT2D eigenvalue weighted by Gasteiger charge is 2.53. The second kappa shape index (κ2) is 9.96. The maximum atomic E-state index is 13.0. The molecule has 5 nitrogen and oxygen atoms in total. The molecule has 3 unspecified atom stereocenters. The lowest BCUT2D eigenvalue weighted by atomic mass is 9.77. The number of benzene rings is 1. The molecule has 0 aliphatic carbocycles. The highest BCUT2D eigenvalue weighted by atomic mass is 16.6. The van der Waals surface area contributed by atoms with E-state index in [1.165, 1.54) is 30.4 Å². The van der Waals surface area contributed by atoms with Crippen LogP contribution in [0.3, 0.4) is 0 Å². The quantitative estimate of drug-likeness (QED) is 0.246. The fourth-order valence-corrected chi connectivity index (χ4v) is 3.87. The fourth-order valence-electron chi connectivity index (χ4n) is 3.87. The van der Waals surface area contributed by atoms with E-state index in [0.717, 1.165) is 19.3 Å². The summed E-state index contributed by atoms with van der Waals surface area (Å²) in [5.74, 6) is -1.89. The second-order valence-corrected chi connectivity index (χ2v) is 8.66. The highest BCUT2D eigenvalue weighted by molar-refractivity contribution is 6.11. The second-order valence-electron chi connectivity index (χ2n) is 8.66. The zero-order chi connectivity index (χ0) is 22.5. The molecule has 1 fully saturated rings. The van der Waals surface area contributed by atoms with E-state index in [2.05, 4.69) is 32.9 Å². The summed E-state index contributed by atoms with van der Waals surface area (Å²) < 4.78 is 10.7. The molecular formula is C25H34O5. The number of hydrogen-bond donors (Lipinski definition) is 1. The van der Waals surface area contributed by atoms with Gasteiger partial charge in [-0.05, 0) is 65.5 Å². The summed E-state index contributed by atoms with van der Waals surface area (Å²) >= 11 is 0. The van der Waals surface area contributed by atoms with E-state index >= 15 is 0 Å². The average molecular weight is 415 g/mol. The zero-order valence-corrected chi connectivity index (χ0v) is 19.0. The molecule has 1 heterocycles. The van der Waals surface area contributed by atoms with Gasteiger partial charge in [-0.3, -0.25) is 9.59 Å². The van der Waals surface area contributed by atoms with Crippen LogP contribution < -0.4 is 4.74 Å². The Morgan fingerprint density at radius 2 is 1.93 bits per heavy atom. The summed E-state index contributed by atoms with van der Waals surface area (Å²) in [6.45, 7) is 10.1. The molecule has 2 rings (SSSR count). The number of aromatic hydroxyl groups is 1. The van der Waals surface area contributed by atoms with Crippen molar-refractivity contribution in [2.45, 2.75) is 65.9 Å². The fraction of sp³-hybridized carbons (Fsp3) is 0.520. The molecule has 0 aromatic heterocycles. The molecule has 0 amide bonds. The van der Waals surface area contributed by atoms with Crippen LogP contribution in [-0.2, 0) is 9.53 Å². The third kappa shape index (κ3) is 5.53. The van der Waals surface area contributed by atoms with Gasteiger partial charge in [-0.15, -0.1) is 0 Å². The zero-order valence-electron chi connectivity index (χ0n) is 19.0. The molecule has 1 aliphatic rings. The first-order chi connectivity index (χ1) is 14.1. The molecule has 1 aromatic carbocycles. The van der Waals surface area contributed by atoms with Crippen molar-refractivity contribution >= 4 is 11.8 Å². The average Bonchev–Trinajstić information content (AvgIpc) is 2.89. The van der Waals surface area contributed by atoms with E-state index in [1.54, 1.807) is 6.07 Å². The lowest BCUT2D eigenvalue weighted by molar-refractivity contribution is -0.149. The van der Waals surface area contributed by atoms with Crippen LogP contribution in [0.1, 0.15) is 70.7 Å². The van der Waals surface area contributed by atoms with Crippen molar-refractivity contribution in [1.29, 1.82) is 0 Å². The van der Waals surface area contributed by atoms with Crippen LogP contribution in [0, 0.1) is 11.8 Å². The van der Waals surface area contributed by atoms with Crippen LogP contribution in [0.4, 0.5) is 0 Å². The van der Waals surface area contributed by atoms with Crippen molar-refractivity contribution in [1.82, 2.24) is 0 Å². The van der Waals surface area contributed by atoms with Crippen LogP contribution >= 0.6 is 0 Å². The van der Waals surface area contributed by atoms with Gasteiger partial charge in [0.25, 0.3) is 0 Å². The maximum Gasteiger partial charge on any atom is 0.317 e. The van der Waals surface area contributed by atoms with E-state index in [-0.39, 0.29) is 17.2 Å². The number of phenolic OH excluding ortho intramolecular Hbond substituents is 1. The Balaban J connectivity index is 2.06. The van der Waals surface area contributed by atoms with Gasteiger partial charge in [0, 0.05) is 12.0 Å². The molecule has 30 heavy (non-hydrogen) atoms. The number of cyclic esters (lactones) is 1. The number of methoxy groups -OCH3 is 1. The number of carbonyl (C=O) groups is 2. The summed E-state index contributed by atoms with van der Waals surface area (Å²) in [6.07, 6.45) is 7.88. The van der Waals surface area contributed by atoms with Gasteiger partial charge in [-0.1, -0.05) is 30.2 Å². The number of ether oxygens (including phenoxy) is 2. The molecule has 0 radical (unpaired) electrons. The first-order valence-electron chi connectivity index (χ1n) is 10.5. The van der Waals surface area contributed by atoms with E-state index in [4.69, 9.17) is 9.47 Å². The molecule has 5 heteroatoms. The molecule has 0 saturated carbocycles. The van der Waals surface area contributed by atoms with E-state index < -0.39 is 23.3 Å². The predicted octanol–water partition coefficient (Wildman–Crippen LogP) is 5.62. The topological polar surface area (TPSA) is 72.8 Å². The lowest BCUT2D eigenvalue weighted by Crippen LogP contribution is -2.33. The number of hydrogen-bond acceptors (Lipinski definition) is 5. The largest absolute Gasteiger partial charge is 0.507 e. The normalized spacial score (nSPS) is 23.8. The number of carbonyl (C=O) groups excluding carboxylic acids is 2. The van der Waals surface area contributed by atoms with Gasteiger partial charge in [0.2, 0.25) is 0 Å². The summed E-state index contributed by atoms with van der Waals surface area (Å²) in [7, 11) is 1.48. The third-order valence-corrected chi connectivity index (χ3v) is 6.03. The molecular weight excluding hydrogens is 380 g/mol. The molecule has 1 N–H and O–H groups in total. The van der Waals surface area contributed by atoms with Gasteiger partial charge in [-0.25, -0.2) is 0 Å². The van der Waals surface area contributed by atoms with Gasteiger partial charge in [0.1, 0.15) is 23.0 Å². The van der Waals surface area contributed by atoms with Gasteiger partial charge >= 0.3 is 5.97 Å². The molecule has 0 bridgehead atoms. The lowest BCUT2D eigenvalue weighted by Gasteiger charge is -2.28. The number of Topliss-reactive ketones (excluding diaryl/α,β-unsaturated/α-hetero) is 1. The number of ketones is 1. The summed E-state index contributed by atoms with van der Waals surface area (Å²) in [5, 5.41) is 10.2.